The SMILES string of the molecule is N[C@H](Cc1ccccc1)C(=O)N[C@H]1CCC(=O)N(CC(=O)NCCC(=O)OCc2ccccc2)C1=O. The maximum Gasteiger partial charge on any atom is 0.307 e. The number of ether oxygens (including phenoxy) is 1. The van der Waals surface area contributed by atoms with Crippen molar-refractivity contribution in [1.29, 1.82) is 0 Å². The first-order chi connectivity index (χ1) is 17.3. The number of carbonyl (C=O) groups excluding carboxylic acids is 5. The molecule has 10 nitrogen and oxygen atoms in total. The first kappa shape index (κ1) is 26.6. The molecular formula is C26H30N4O6. The summed E-state index contributed by atoms with van der Waals surface area (Å²) >= 11 is 0. The van der Waals surface area contributed by atoms with Gasteiger partial charge in [0.25, 0.3) is 5.91 Å². The van der Waals surface area contributed by atoms with Crippen LogP contribution in [0.2, 0.25) is 0 Å². The smallest absolute Gasteiger partial charge is 0.307 e. The highest BCUT2D eigenvalue weighted by Crippen LogP contribution is 2.14. The van der Waals surface area contributed by atoms with Crippen molar-refractivity contribution < 1.29 is 28.7 Å². The monoisotopic (exact) mass is 494 g/mol. The van der Waals surface area contributed by atoms with Crippen LogP contribution in [-0.2, 0) is 41.7 Å². The molecule has 1 heterocycles. The molecule has 1 aliphatic rings. The van der Waals surface area contributed by atoms with Crippen molar-refractivity contribution in [3.63, 3.8) is 0 Å². The highest BCUT2D eigenvalue weighted by Gasteiger charge is 2.36. The number of nitrogens with two attached hydrogens (primary N) is 1. The number of piperidine rings is 1. The van der Waals surface area contributed by atoms with Crippen LogP contribution in [0.1, 0.15) is 30.4 Å². The Bertz CT molecular complexity index is 1080. The topological polar surface area (TPSA) is 148 Å². The fourth-order valence-corrected chi connectivity index (χ4v) is 3.69. The third-order valence-electron chi connectivity index (χ3n) is 5.66. The minimum atomic E-state index is -0.946. The van der Waals surface area contributed by atoms with E-state index < -0.39 is 48.2 Å². The highest BCUT2D eigenvalue weighted by molar-refractivity contribution is 6.04. The van der Waals surface area contributed by atoms with Crippen molar-refractivity contribution in [2.75, 3.05) is 13.1 Å². The second-order valence-electron chi connectivity index (χ2n) is 8.46. The number of amides is 4. The molecule has 4 N–H and O–H groups in total. The highest BCUT2D eigenvalue weighted by atomic mass is 16.5. The van der Waals surface area contributed by atoms with Crippen molar-refractivity contribution in [3.05, 3.63) is 71.8 Å². The van der Waals surface area contributed by atoms with Crippen LogP contribution in [0.25, 0.3) is 0 Å². The molecular weight excluding hydrogens is 464 g/mol. The van der Waals surface area contributed by atoms with E-state index in [4.69, 9.17) is 10.5 Å². The molecule has 3 rings (SSSR count). The fourth-order valence-electron chi connectivity index (χ4n) is 3.69. The van der Waals surface area contributed by atoms with E-state index in [0.717, 1.165) is 16.0 Å². The largest absolute Gasteiger partial charge is 0.461 e. The van der Waals surface area contributed by atoms with Gasteiger partial charge in [-0.1, -0.05) is 60.7 Å². The van der Waals surface area contributed by atoms with Gasteiger partial charge in [0.2, 0.25) is 17.7 Å². The first-order valence-corrected chi connectivity index (χ1v) is 11.7. The molecule has 1 saturated heterocycles. The van der Waals surface area contributed by atoms with Gasteiger partial charge < -0.3 is 21.1 Å². The molecule has 4 amide bonds. The van der Waals surface area contributed by atoms with Crippen LogP contribution in [0.4, 0.5) is 0 Å². The molecule has 2 aromatic carbocycles. The Hall–Kier alpha value is -4.05. The summed E-state index contributed by atoms with van der Waals surface area (Å²) in [5, 5.41) is 5.11. The Morgan fingerprint density at radius 3 is 2.31 bits per heavy atom. The summed E-state index contributed by atoms with van der Waals surface area (Å²) < 4.78 is 5.14. The lowest BCUT2D eigenvalue weighted by Crippen LogP contribution is -2.58. The first-order valence-electron chi connectivity index (χ1n) is 11.7. The van der Waals surface area contributed by atoms with Crippen LogP contribution >= 0.6 is 0 Å². The Labute approximate surface area is 209 Å². The molecule has 0 saturated carbocycles. The van der Waals surface area contributed by atoms with Crippen molar-refractivity contribution in [2.24, 2.45) is 5.73 Å². The van der Waals surface area contributed by atoms with Gasteiger partial charge in [0.15, 0.2) is 0 Å². The summed E-state index contributed by atoms with van der Waals surface area (Å²) in [6.07, 6.45) is 0.376. The standard InChI is InChI=1S/C26H30N4O6/c27-20(15-18-7-3-1-4-8-18)25(34)29-21-11-12-23(32)30(26(21)35)16-22(31)28-14-13-24(33)36-17-19-9-5-2-6-10-19/h1-10,20-21H,11-17,27H2,(H,28,31)(H,29,34)/t20-,21+/m1/s1. The third-order valence-corrected chi connectivity index (χ3v) is 5.66. The molecule has 36 heavy (non-hydrogen) atoms. The second kappa shape index (κ2) is 13.1. The number of benzene rings is 2. The van der Waals surface area contributed by atoms with Crippen LogP contribution in [0.5, 0.6) is 0 Å². The van der Waals surface area contributed by atoms with Crippen LogP contribution in [0, 0.1) is 0 Å². The molecule has 1 fully saturated rings. The zero-order valence-electron chi connectivity index (χ0n) is 19.9. The molecule has 0 unspecified atom stereocenters. The predicted octanol–water partition coefficient (Wildman–Crippen LogP) is 0.440. The number of imide groups is 1. The van der Waals surface area contributed by atoms with Crippen molar-refractivity contribution in [3.8, 4) is 0 Å². The summed E-state index contributed by atoms with van der Waals surface area (Å²) in [5.41, 5.74) is 7.71. The summed E-state index contributed by atoms with van der Waals surface area (Å²) in [5.74, 6) is -2.76. The van der Waals surface area contributed by atoms with E-state index in [1.807, 2.05) is 60.7 Å². The number of carbonyl (C=O) groups is 5. The van der Waals surface area contributed by atoms with Gasteiger partial charge in [-0.05, 0) is 24.0 Å². The number of likely N-dealkylation sites (tertiary alicyclic amines) is 1. The fraction of sp³-hybridized carbons (Fsp3) is 0.346. The molecule has 1 aliphatic heterocycles. The zero-order valence-corrected chi connectivity index (χ0v) is 19.9. The van der Waals surface area contributed by atoms with E-state index in [2.05, 4.69) is 10.6 Å². The summed E-state index contributed by atoms with van der Waals surface area (Å²) in [6.45, 7) is -0.372. The van der Waals surface area contributed by atoms with Gasteiger partial charge in [0.05, 0.1) is 12.5 Å². The van der Waals surface area contributed by atoms with Crippen LogP contribution in [0.15, 0.2) is 60.7 Å². The quantitative estimate of drug-likeness (QED) is 0.303. The number of rotatable bonds is 11. The van der Waals surface area contributed by atoms with Crippen LogP contribution in [-0.4, -0.2) is 59.7 Å². The average molecular weight is 495 g/mol. The number of nitrogens with one attached hydrogen (secondary N) is 2. The lowest BCUT2D eigenvalue weighted by atomic mass is 10.0. The summed E-state index contributed by atoms with van der Waals surface area (Å²) in [4.78, 5) is 62.5. The molecule has 2 atom stereocenters. The second-order valence-corrected chi connectivity index (χ2v) is 8.46. The minimum absolute atomic E-state index is 0.00280. The van der Waals surface area contributed by atoms with E-state index in [1.54, 1.807) is 0 Å². The van der Waals surface area contributed by atoms with Gasteiger partial charge in [-0.25, -0.2) is 0 Å². The molecule has 2 aromatic rings. The molecule has 0 aromatic heterocycles. The number of hydrogen-bond donors (Lipinski definition) is 3. The molecule has 190 valence electrons. The lowest BCUT2D eigenvalue weighted by Gasteiger charge is -2.31. The number of esters is 1. The van der Waals surface area contributed by atoms with E-state index in [0.29, 0.717) is 6.42 Å². The number of hydrogen-bond acceptors (Lipinski definition) is 7. The zero-order chi connectivity index (χ0) is 25.9. The Morgan fingerprint density at radius 2 is 1.64 bits per heavy atom. The molecule has 0 aliphatic carbocycles. The van der Waals surface area contributed by atoms with Gasteiger partial charge in [0, 0.05) is 13.0 Å². The third kappa shape index (κ3) is 8.02. The van der Waals surface area contributed by atoms with Gasteiger partial charge in [-0.3, -0.25) is 28.9 Å². The van der Waals surface area contributed by atoms with E-state index in [9.17, 15) is 24.0 Å². The van der Waals surface area contributed by atoms with Gasteiger partial charge in [-0.15, -0.1) is 0 Å². The normalized spacial score (nSPS) is 16.2. The van der Waals surface area contributed by atoms with E-state index in [1.165, 1.54) is 0 Å². The van der Waals surface area contributed by atoms with Gasteiger partial charge in [-0.2, -0.15) is 0 Å². The van der Waals surface area contributed by atoms with Crippen LogP contribution in [0.3, 0.4) is 0 Å². The lowest BCUT2D eigenvalue weighted by molar-refractivity contribution is -0.153. The van der Waals surface area contributed by atoms with E-state index >= 15 is 0 Å². The maximum absolute atomic E-state index is 12.8. The number of nitrogens with zero attached hydrogens (tertiary/aromatic N) is 1. The average Bonchev–Trinajstić information content (AvgIpc) is 2.88. The predicted molar refractivity (Wildman–Crippen MR) is 130 cm³/mol. The van der Waals surface area contributed by atoms with Gasteiger partial charge in [0.1, 0.15) is 19.2 Å². The minimum Gasteiger partial charge on any atom is -0.461 e. The van der Waals surface area contributed by atoms with E-state index in [-0.39, 0.29) is 32.4 Å². The van der Waals surface area contributed by atoms with Crippen molar-refractivity contribution in [1.82, 2.24) is 15.5 Å². The molecule has 10 heteroatoms. The summed E-state index contributed by atoms with van der Waals surface area (Å²) in [7, 11) is 0. The maximum atomic E-state index is 12.8. The van der Waals surface area contributed by atoms with Crippen molar-refractivity contribution >= 4 is 29.6 Å². The Balaban J connectivity index is 1.42. The molecule has 0 bridgehead atoms. The van der Waals surface area contributed by atoms with Gasteiger partial charge >= 0.3 is 5.97 Å². The Morgan fingerprint density at radius 1 is 1.00 bits per heavy atom. The Kier molecular flexibility index (Phi) is 9.70. The van der Waals surface area contributed by atoms with Crippen molar-refractivity contribution in [2.45, 2.75) is 44.4 Å². The molecule has 0 radical (unpaired) electrons. The summed E-state index contributed by atoms with van der Waals surface area (Å²) in [6, 6.07) is 16.6. The molecule has 0 spiro atoms. The van der Waals surface area contributed by atoms with Crippen LogP contribution < -0.4 is 16.4 Å².